The van der Waals surface area contributed by atoms with Crippen molar-refractivity contribution in [1.82, 2.24) is 10.2 Å². The number of ether oxygens (including phenoxy) is 2. The summed E-state index contributed by atoms with van der Waals surface area (Å²) in [7, 11) is 0. The molecule has 0 spiro atoms. The summed E-state index contributed by atoms with van der Waals surface area (Å²) in [4.78, 5) is 7.02. The minimum absolute atomic E-state index is 0. The van der Waals surface area contributed by atoms with Crippen LogP contribution in [0.3, 0.4) is 0 Å². The first kappa shape index (κ1) is 19.3. The van der Waals surface area contributed by atoms with Gasteiger partial charge in [-0.2, -0.15) is 11.8 Å². The number of nitrogens with zero attached hydrogens (tertiary/aromatic N) is 2. The minimum atomic E-state index is 0. The fourth-order valence-corrected chi connectivity index (χ4v) is 2.93. The molecular formula is C14H28IN3O2S. The molecule has 2 aliphatic heterocycles. The summed E-state index contributed by atoms with van der Waals surface area (Å²) in [5, 5.41) is 3.39. The Morgan fingerprint density at radius 2 is 2.14 bits per heavy atom. The van der Waals surface area contributed by atoms with E-state index in [2.05, 4.69) is 23.4 Å². The Morgan fingerprint density at radius 1 is 1.33 bits per heavy atom. The maximum absolute atomic E-state index is 5.89. The van der Waals surface area contributed by atoms with Crippen molar-refractivity contribution in [2.75, 3.05) is 51.4 Å². The number of halogens is 1. The summed E-state index contributed by atoms with van der Waals surface area (Å²) in [6.07, 6.45) is 4.86. The van der Waals surface area contributed by atoms with Crippen molar-refractivity contribution in [3.63, 3.8) is 0 Å². The first-order chi connectivity index (χ1) is 9.85. The van der Waals surface area contributed by atoms with Crippen molar-refractivity contribution < 1.29 is 9.47 Å². The van der Waals surface area contributed by atoms with Crippen molar-refractivity contribution in [1.29, 1.82) is 0 Å². The number of nitrogens with one attached hydrogen (secondary N) is 1. The fourth-order valence-electron chi connectivity index (χ4n) is 2.66. The first-order valence-electron chi connectivity index (χ1n) is 7.60. The molecule has 0 aliphatic carbocycles. The maximum Gasteiger partial charge on any atom is 0.194 e. The lowest BCUT2D eigenvalue weighted by Crippen LogP contribution is -2.53. The predicted octanol–water partition coefficient (Wildman–Crippen LogP) is 1.81. The Morgan fingerprint density at radius 3 is 2.81 bits per heavy atom. The molecular weight excluding hydrogens is 401 g/mol. The highest BCUT2D eigenvalue weighted by Crippen LogP contribution is 2.21. The second-order valence-electron chi connectivity index (χ2n) is 5.14. The van der Waals surface area contributed by atoms with Gasteiger partial charge in [-0.15, -0.1) is 24.0 Å². The van der Waals surface area contributed by atoms with E-state index in [1.54, 1.807) is 0 Å². The Labute approximate surface area is 149 Å². The highest BCUT2D eigenvalue weighted by atomic mass is 127. The average Bonchev–Trinajstić information content (AvgIpc) is 3.01. The summed E-state index contributed by atoms with van der Waals surface area (Å²) in [5.41, 5.74) is 0. The van der Waals surface area contributed by atoms with Crippen LogP contribution < -0.4 is 5.32 Å². The van der Waals surface area contributed by atoms with E-state index in [1.165, 1.54) is 0 Å². The van der Waals surface area contributed by atoms with Gasteiger partial charge in [-0.25, -0.2) is 0 Å². The topological polar surface area (TPSA) is 46.1 Å². The molecule has 0 aromatic heterocycles. The highest BCUT2D eigenvalue weighted by Gasteiger charge is 2.32. The number of hydrogen-bond donors (Lipinski definition) is 1. The van der Waals surface area contributed by atoms with E-state index in [-0.39, 0.29) is 36.2 Å². The fraction of sp³-hybridized carbons (Fsp3) is 0.929. The normalized spacial score (nSPS) is 26.6. The molecule has 0 radical (unpaired) electrons. The third-order valence-electron chi connectivity index (χ3n) is 3.66. The van der Waals surface area contributed by atoms with Gasteiger partial charge in [-0.3, -0.25) is 4.99 Å². The molecule has 0 amide bonds. The van der Waals surface area contributed by atoms with Gasteiger partial charge in [-0.05, 0) is 26.0 Å². The van der Waals surface area contributed by atoms with Gasteiger partial charge in [0.2, 0.25) is 0 Å². The second kappa shape index (κ2) is 10.9. The molecule has 5 nitrogen and oxygen atoms in total. The Bertz CT molecular complexity index is 315. The lowest BCUT2D eigenvalue weighted by Gasteiger charge is -2.37. The van der Waals surface area contributed by atoms with Gasteiger partial charge >= 0.3 is 0 Å². The van der Waals surface area contributed by atoms with E-state index in [0.29, 0.717) is 0 Å². The lowest BCUT2D eigenvalue weighted by molar-refractivity contribution is -0.0816. The van der Waals surface area contributed by atoms with Crippen LogP contribution in [0.2, 0.25) is 0 Å². The van der Waals surface area contributed by atoms with Gasteiger partial charge in [0.25, 0.3) is 0 Å². The van der Waals surface area contributed by atoms with E-state index < -0.39 is 0 Å². The van der Waals surface area contributed by atoms with Gasteiger partial charge in [0.1, 0.15) is 6.10 Å². The highest BCUT2D eigenvalue weighted by molar-refractivity contribution is 14.0. The van der Waals surface area contributed by atoms with Gasteiger partial charge < -0.3 is 19.7 Å². The number of guanidine groups is 1. The van der Waals surface area contributed by atoms with Crippen LogP contribution in [0.15, 0.2) is 4.99 Å². The molecule has 0 saturated carbocycles. The van der Waals surface area contributed by atoms with Crippen LogP contribution in [0.25, 0.3) is 0 Å². The molecule has 1 N–H and O–H groups in total. The molecule has 2 aliphatic rings. The van der Waals surface area contributed by atoms with Crippen molar-refractivity contribution in [2.45, 2.75) is 32.0 Å². The largest absolute Gasteiger partial charge is 0.375 e. The van der Waals surface area contributed by atoms with Crippen LogP contribution in [0.5, 0.6) is 0 Å². The average molecular weight is 429 g/mol. The maximum atomic E-state index is 5.89. The van der Waals surface area contributed by atoms with Gasteiger partial charge in [-0.1, -0.05) is 0 Å². The van der Waals surface area contributed by atoms with Crippen LogP contribution in [0.4, 0.5) is 0 Å². The van der Waals surface area contributed by atoms with Crippen LogP contribution in [-0.2, 0) is 9.47 Å². The minimum Gasteiger partial charge on any atom is -0.375 e. The molecule has 21 heavy (non-hydrogen) atoms. The van der Waals surface area contributed by atoms with Crippen LogP contribution in [0, 0.1) is 0 Å². The third kappa shape index (κ3) is 6.11. The lowest BCUT2D eigenvalue weighted by atomic mass is 10.1. The Hall–Kier alpha value is 0.270. The zero-order valence-corrected chi connectivity index (χ0v) is 16.2. The second-order valence-corrected chi connectivity index (χ2v) is 6.12. The van der Waals surface area contributed by atoms with E-state index in [1.807, 2.05) is 11.8 Å². The Kier molecular flexibility index (Phi) is 10.0. The van der Waals surface area contributed by atoms with Crippen molar-refractivity contribution in [3.8, 4) is 0 Å². The number of thioether (sulfide) groups is 1. The number of morpholine rings is 1. The molecule has 7 heteroatoms. The summed E-state index contributed by atoms with van der Waals surface area (Å²) in [6.45, 7) is 7.32. The molecule has 0 aromatic carbocycles. The smallest absolute Gasteiger partial charge is 0.194 e. The molecule has 2 saturated heterocycles. The van der Waals surface area contributed by atoms with Crippen LogP contribution in [-0.4, -0.2) is 74.5 Å². The molecule has 2 fully saturated rings. The van der Waals surface area contributed by atoms with Crippen molar-refractivity contribution >= 4 is 41.7 Å². The van der Waals surface area contributed by atoms with Crippen molar-refractivity contribution in [3.05, 3.63) is 0 Å². The van der Waals surface area contributed by atoms with Gasteiger partial charge in [0, 0.05) is 32.0 Å². The predicted molar refractivity (Wildman–Crippen MR) is 100 cm³/mol. The van der Waals surface area contributed by atoms with E-state index in [0.717, 1.165) is 63.9 Å². The summed E-state index contributed by atoms with van der Waals surface area (Å²) >= 11 is 1.83. The van der Waals surface area contributed by atoms with Crippen LogP contribution in [0.1, 0.15) is 19.8 Å². The molecule has 2 heterocycles. The van der Waals surface area contributed by atoms with E-state index in [9.17, 15) is 0 Å². The van der Waals surface area contributed by atoms with E-state index >= 15 is 0 Å². The summed E-state index contributed by atoms with van der Waals surface area (Å²) in [6, 6.07) is 0. The molecule has 2 rings (SSSR count). The quantitative estimate of drug-likeness (QED) is 0.313. The van der Waals surface area contributed by atoms with Crippen molar-refractivity contribution in [2.24, 2.45) is 4.99 Å². The number of hydrogen-bond acceptors (Lipinski definition) is 4. The van der Waals surface area contributed by atoms with E-state index in [4.69, 9.17) is 14.5 Å². The number of aliphatic imine (C=N–C) groups is 1. The molecule has 2 unspecified atom stereocenters. The molecule has 0 aromatic rings. The van der Waals surface area contributed by atoms with Gasteiger partial charge in [0.15, 0.2) is 5.96 Å². The third-order valence-corrected chi connectivity index (χ3v) is 4.26. The Balaban J connectivity index is 0.00000220. The molecule has 2 atom stereocenters. The zero-order valence-electron chi connectivity index (χ0n) is 13.0. The standard InChI is InChI=1S/C14H27N3O2S.HI/c1-3-15-14(16-6-10-20-2)17-7-9-19-13(11-17)12-5-4-8-18-12;/h12-13H,3-11H2,1-2H3,(H,15,16);1H. The SMILES string of the molecule is CCNC(=NCCSC)N1CCOC(C2CCCO2)C1.I. The number of rotatable bonds is 5. The summed E-state index contributed by atoms with van der Waals surface area (Å²) in [5.74, 6) is 2.09. The molecule has 0 bridgehead atoms. The van der Waals surface area contributed by atoms with Crippen LogP contribution >= 0.6 is 35.7 Å². The first-order valence-corrected chi connectivity index (χ1v) is 9.00. The molecule has 124 valence electrons. The van der Waals surface area contributed by atoms with Gasteiger partial charge in [0.05, 0.1) is 19.3 Å². The summed E-state index contributed by atoms with van der Waals surface area (Å²) < 4.78 is 11.7. The zero-order chi connectivity index (χ0) is 14.2. The monoisotopic (exact) mass is 429 g/mol.